The molecule has 2 N–H and O–H groups in total. The number of aliphatic hydroxyl groups excluding tert-OH is 2. The Morgan fingerprint density at radius 3 is 2.62 bits per heavy atom. The van der Waals surface area contributed by atoms with Crippen molar-refractivity contribution in [1.82, 2.24) is 0 Å². The van der Waals surface area contributed by atoms with E-state index in [9.17, 15) is 14.6 Å². The number of benzene rings is 1. The molecule has 2 unspecified atom stereocenters. The molecule has 2 atom stereocenters. The van der Waals surface area contributed by atoms with E-state index in [4.69, 9.17) is 4.74 Å². The fourth-order valence-corrected chi connectivity index (χ4v) is 1.28. The molecule has 90 valence electrons. The van der Waals surface area contributed by atoms with Crippen LogP contribution >= 0.6 is 0 Å². The van der Waals surface area contributed by atoms with Crippen LogP contribution in [0, 0.1) is 5.82 Å². The number of rotatable bonds is 5. The zero-order chi connectivity index (χ0) is 12.1. The van der Waals surface area contributed by atoms with Crippen molar-refractivity contribution in [1.29, 1.82) is 0 Å². The third kappa shape index (κ3) is 3.47. The molecule has 0 aliphatic heterocycles. The SMILES string of the molecule is CCC(O)COc1ccc(F)cc1C(C)O. The van der Waals surface area contributed by atoms with Gasteiger partial charge in [-0.2, -0.15) is 0 Å². The number of halogens is 1. The van der Waals surface area contributed by atoms with Gasteiger partial charge in [-0.05, 0) is 31.5 Å². The van der Waals surface area contributed by atoms with Gasteiger partial charge in [0.15, 0.2) is 0 Å². The molecule has 1 aromatic carbocycles. The summed E-state index contributed by atoms with van der Waals surface area (Å²) in [7, 11) is 0. The zero-order valence-corrected chi connectivity index (χ0v) is 9.48. The standard InChI is InChI=1S/C12H17FO3/c1-3-10(15)7-16-12-5-4-9(13)6-11(12)8(2)14/h4-6,8,10,14-15H,3,7H2,1-2H3. The number of ether oxygens (including phenoxy) is 1. The van der Waals surface area contributed by atoms with Gasteiger partial charge in [-0.1, -0.05) is 6.92 Å². The normalized spacial score (nSPS) is 14.6. The first-order chi connectivity index (χ1) is 7.54. The molecule has 0 radical (unpaired) electrons. The van der Waals surface area contributed by atoms with Gasteiger partial charge in [-0.25, -0.2) is 4.39 Å². The molecule has 4 heteroatoms. The third-order valence-electron chi connectivity index (χ3n) is 2.32. The van der Waals surface area contributed by atoms with Crippen LogP contribution in [0.15, 0.2) is 18.2 Å². The van der Waals surface area contributed by atoms with Crippen LogP contribution in [0.5, 0.6) is 5.75 Å². The van der Waals surface area contributed by atoms with Crippen LogP contribution in [-0.4, -0.2) is 22.9 Å². The second-order valence-corrected chi connectivity index (χ2v) is 3.73. The monoisotopic (exact) mass is 228 g/mol. The summed E-state index contributed by atoms with van der Waals surface area (Å²) >= 11 is 0. The summed E-state index contributed by atoms with van der Waals surface area (Å²) in [6, 6.07) is 3.96. The van der Waals surface area contributed by atoms with Crippen LogP contribution < -0.4 is 4.74 Å². The van der Waals surface area contributed by atoms with Gasteiger partial charge in [0.05, 0.1) is 12.2 Å². The van der Waals surface area contributed by atoms with Crippen molar-refractivity contribution < 1.29 is 19.3 Å². The van der Waals surface area contributed by atoms with Gasteiger partial charge in [-0.15, -0.1) is 0 Å². The van der Waals surface area contributed by atoms with Gasteiger partial charge >= 0.3 is 0 Å². The minimum atomic E-state index is -0.801. The second-order valence-electron chi connectivity index (χ2n) is 3.73. The quantitative estimate of drug-likeness (QED) is 0.810. The summed E-state index contributed by atoms with van der Waals surface area (Å²) in [5.74, 6) is -0.0109. The van der Waals surface area contributed by atoms with E-state index in [2.05, 4.69) is 0 Å². The Hall–Kier alpha value is -1.13. The average Bonchev–Trinajstić information content (AvgIpc) is 2.26. The predicted molar refractivity (Wildman–Crippen MR) is 58.8 cm³/mol. The molecule has 0 bridgehead atoms. The first kappa shape index (κ1) is 12.9. The summed E-state index contributed by atoms with van der Waals surface area (Å²) in [5, 5.41) is 18.8. The van der Waals surface area contributed by atoms with Crippen molar-refractivity contribution in [3.8, 4) is 5.75 Å². The molecular formula is C12H17FO3. The van der Waals surface area contributed by atoms with Crippen LogP contribution in [0.1, 0.15) is 31.9 Å². The van der Waals surface area contributed by atoms with Gasteiger partial charge in [-0.3, -0.25) is 0 Å². The molecule has 0 saturated heterocycles. The molecule has 16 heavy (non-hydrogen) atoms. The number of aliphatic hydroxyl groups is 2. The Morgan fingerprint density at radius 2 is 2.06 bits per heavy atom. The number of hydrogen-bond donors (Lipinski definition) is 2. The topological polar surface area (TPSA) is 49.7 Å². The minimum absolute atomic E-state index is 0.141. The predicted octanol–water partition coefficient (Wildman–Crippen LogP) is 2.03. The summed E-state index contributed by atoms with van der Waals surface area (Å²) in [6.07, 6.45) is -0.762. The zero-order valence-electron chi connectivity index (χ0n) is 9.48. The highest BCUT2D eigenvalue weighted by molar-refractivity contribution is 5.35. The van der Waals surface area contributed by atoms with Crippen molar-refractivity contribution in [3.05, 3.63) is 29.6 Å². The van der Waals surface area contributed by atoms with E-state index < -0.39 is 18.0 Å². The highest BCUT2D eigenvalue weighted by Gasteiger charge is 2.11. The van der Waals surface area contributed by atoms with Crippen LogP contribution in [-0.2, 0) is 0 Å². The highest BCUT2D eigenvalue weighted by Crippen LogP contribution is 2.26. The summed E-state index contributed by atoms with van der Waals surface area (Å²) in [6.45, 7) is 3.52. The molecule has 1 aromatic rings. The maximum Gasteiger partial charge on any atom is 0.125 e. The maximum atomic E-state index is 13.0. The van der Waals surface area contributed by atoms with Gasteiger partial charge in [0.2, 0.25) is 0 Å². The molecular weight excluding hydrogens is 211 g/mol. The molecule has 0 aromatic heterocycles. The van der Waals surface area contributed by atoms with Crippen LogP contribution in [0.3, 0.4) is 0 Å². The van der Waals surface area contributed by atoms with Gasteiger partial charge in [0.1, 0.15) is 18.2 Å². The van der Waals surface area contributed by atoms with E-state index in [1.54, 1.807) is 0 Å². The van der Waals surface area contributed by atoms with E-state index in [0.717, 1.165) is 0 Å². The van der Waals surface area contributed by atoms with E-state index in [1.807, 2.05) is 6.92 Å². The minimum Gasteiger partial charge on any atom is -0.491 e. The highest BCUT2D eigenvalue weighted by atomic mass is 19.1. The van der Waals surface area contributed by atoms with E-state index in [1.165, 1.54) is 25.1 Å². The molecule has 1 rings (SSSR count). The smallest absolute Gasteiger partial charge is 0.125 e. The molecule has 3 nitrogen and oxygen atoms in total. The first-order valence-corrected chi connectivity index (χ1v) is 5.33. The average molecular weight is 228 g/mol. The van der Waals surface area contributed by atoms with Crippen LogP contribution in [0.2, 0.25) is 0 Å². The molecule has 0 heterocycles. The largest absolute Gasteiger partial charge is 0.491 e. The first-order valence-electron chi connectivity index (χ1n) is 5.33. The molecule has 0 aliphatic rings. The van der Waals surface area contributed by atoms with Crippen molar-refractivity contribution in [2.24, 2.45) is 0 Å². The summed E-state index contributed by atoms with van der Waals surface area (Å²) in [4.78, 5) is 0. The van der Waals surface area contributed by atoms with E-state index in [0.29, 0.717) is 17.7 Å². The Bertz CT molecular complexity index is 339. The summed E-state index contributed by atoms with van der Waals surface area (Å²) < 4.78 is 18.3. The van der Waals surface area contributed by atoms with Crippen LogP contribution in [0.4, 0.5) is 4.39 Å². The van der Waals surface area contributed by atoms with Gasteiger partial charge < -0.3 is 14.9 Å². The second kappa shape index (κ2) is 5.82. The lowest BCUT2D eigenvalue weighted by molar-refractivity contribution is 0.101. The van der Waals surface area contributed by atoms with Gasteiger partial charge in [0, 0.05) is 5.56 Å². The Balaban J connectivity index is 2.78. The van der Waals surface area contributed by atoms with Crippen molar-refractivity contribution >= 4 is 0 Å². The lowest BCUT2D eigenvalue weighted by Crippen LogP contribution is -2.17. The summed E-state index contributed by atoms with van der Waals surface area (Å²) in [5.41, 5.74) is 0.392. The fraction of sp³-hybridized carbons (Fsp3) is 0.500. The van der Waals surface area contributed by atoms with Crippen molar-refractivity contribution in [2.45, 2.75) is 32.5 Å². The van der Waals surface area contributed by atoms with Crippen LogP contribution in [0.25, 0.3) is 0 Å². The molecule has 0 spiro atoms. The molecule has 0 aliphatic carbocycles. The lowest BCUT2D eigenvalue weighted by Gasteiger charge is -2.15. The molecule has 0 fully saturated rings. The lowest BCUT2D eigenvalue weighted by atomic mass is 10.1. The number of hydrogen-bond acceptors (Lipinski definition) is 3. The fourth-order valence-electron chi connectivity index (χ4n) is 1.28. The van der Waals surface area contributed by atoms with E-state index >= 15 is 0 Å². The maximum absolute atomic E-state index is 13.0. The Morgan fingerprint density at radius 1 is 1.38 bits per heavy atom. The van der Waals surface area contributed by atoms with Gasteiger partial charge in [0.25, 0.3) is 0 Å². The van der Waals surface area contributed by atoms with Crippen molar-refractivity contribution in [3.63, 3.8) is 0 Å². The Labute approximate surface area is 94.5 Å². The van der Waals surface area contributed by atoms with Crippen molar-refractivity contribution in [2.75, 3.05) is 6.61 Å². The van der Waals surface area contributed by atoms with E-state index in [-0.39, 0.29) is 6.61 Å². The molecule has 0 saturated carbocycles. The Kier molecular flexibility index (Phi) is 4.71. The molecule has 0 amide bonds. The third-order valence-corrected chi connectivity index (χ3v) is 2.32.